The van der Waals surface area contributed by atoms with Crippen LogP contribution in [0.4, 0.5) is 11.9 Å². The van der Waals surface area contributed by atoms with E-state index in [0.29, 0.717) is 5.95 Å². The molecule has 2 atom stereocenters. The van der Waals surface area contributed by atoms with Crippen LogP contribution in [0, 0.1) is 5.92 Å². The highest BCUT2D eigenvalue weighted by atomic mass is 16.5. The molecule has 1 saturated carbocycles. The van der Waals surface area contributed by atoms with Gasteiger partial charge in [-0.2, -0.15) is 15.0 Å². The zero-order valence-corrected chi connectivity index (χ0v) is 10.3. The molecule has 0 bridgehead atoms. The van der Waals surface area contributed by atoms with Gasteiger partial charge in [0.25, 0.3) is 0 Å². The minimum Gasteiger partial charge on any atom is -0.467 e. The lowest BCUT2D eigenvalue weighted by molar-refractivity contribution is 0.222. The van der Waals surface area contributed by atoms with Crippen molar-refractivity contribution in [2.45, 2.75) is 25.3 Å². The summed E-state index contributed by atoms with van der Waals surface area (Å²) in [5.41, 5.74) is 2.36. The molecule has 2 rings (SSSR count). The number of hydrogen-bond donors (Lipinski definition) is 4. The number of nitrogen functional groups attached to an aromatic ring is 1. The lowest BCUT2D eigenvalue weighted by Gasteiger charge is -2.19. The van der Waals surface area contributed by atoms with Crippen LogP contribution in [0.25, 0.3) is 0 Å². The van der Waals surface area contributed by atoms with Gasteiger partial charge in [0.2, 0.25) is 11.9 Å². The topological polar surface area (TPSA) is 118 Å². The summed E-state index contributed by atoms with van der Waals surface area (Å²) in [4.78, 5) is 12.1. The predicted molar refractivity (Wildman–Crippen MR) is 66.0 cm³/mol. The Morgan fingerprint density at radius 2 is 2.11 bits per heavy atom. The molecule has 18 heavy (non-hydrogen) atoms. The number of aromatic nitrogens is 3. The minimum absolute atomic E-state index is 0.169. The highest BCUT2D eigenvalue weighted by molar-refractivity contribution is 5.36. The van der Waals surface area contributed by atoms with E-state index in [1.165, 1.54) is 7.11 Å². The third-order valence-corrected chi connectivity index (χ3v) is 3.13. The van der Waals surface area contributed by atoms with Gasteiger partial charge in [0, 0.05) is 18.6 Å². The average molecular weight is 254 g/mol. The number of nitrogens with one attached hydrogen (secondary N) is 2. The van der Waals surface area contributed by atoms with Crippen molar-refractivity contribution in [2.24, 2.45) is 11.8 Å². The predicted octanol–water partition coefficient (Wildman–Crippen LogP) is -0.261. The van der Waals surface area contributed by atoms with E-state index in [2.05, 4.69) is 25.7 Å². The van der Waals surface area contributed by atoms with Gasteiger partial charge in [0.15, 0.2) is 0 Å². The SMILES string of the molecule is COc1nc(NN)nc(NC2CCCC2CO)n1. The highest BCUT2D eigenvalue weighted by Gasteiger charge is 2.27. The Morgan fingerprint density at radius 3 is 2.78 bits per heavy atom. The molecule has 0 saturated heterocycles. The van der Waals surface area contributed by atoms with E-state index in [1.807, 2.05) is 0 Å². The molecule has 100 valence electrons. The highest BCUT2D eigenvalue weighted by Crippen LogP contribution is 2.27. The van der Waals surface area contributed by atoms with Crippen molar-refractivity contribution in [1.29, 1.82) is 0 Å². The van der Waals surface area contributed by atoms with Gasteiger partial charge < -0.3 is 15.2 Å². The molecule has 1 fully saturated rings. The van der Waals surface area contributed by atoms with Gasteiger partial charge in [0.05, 0.1) is 7.11 Å². The molecule has 1 heterocycles. The Kier molecular flexibility index (Phi) is 4.11. The number of nitrogens with two attached hydrogens (primary N) is 1. The molecule has 8 nitrogen and oxygen atoms in total. The molecule has 0 radical (unpaired) electrons. The summed E-state index contributed by atoms with van der Waals surface area (Å²) >= 11 is 0. The molecule has 1 aromatic heterocycles. The van der Waals surface area contributed by atoms with Crippen LogP contribution in [0.15, 0.2) is 0 Å². The fourth-order valence-electron chi connectivity index (χ4n) is 2.19. The van der Waals surface area contributed by atoms with E-state index >= 15 is 0 Å². The maximum atomic E-state index is 9.27. The van der Waals surface area contributed by atoms with Crippen molar-refractivity contribution in [2.75, 3.05) is 24.5 Å². The maximum absolute atomic E-state index is 9.27. The molecular formula is C10H18N6O2. The summed E-state index contributed by atoms with van der Waals surface area (Å²) in [7, 11) is 1.48. The smallest absolute Gasteiger partial charge is 0.322 e. The number of hydrogen-bond acceptors (Lipinski definition) is 8. The summed E-state index contributed by atoms with van der Waals surface area (Å²) in [6, 6.07) is 0.367. The molecule has 0 aliphatic heterocycles. The molecule has 5 N–H and O–H groups in total. The second kappa shape index (κ2) is 5.78. The molecule has 0 aromatic carbocycles. The molecule has 8 heteroatoms. The van der Waals surface area contributed by atoms with Crippen molar-refractivity contribution in [3.8, 4) is 6.01 Å². The van der Waals surface area contributed by atoms with Gasteiger partial charge in [-0.3, -0.25) is 5.43 Å². The third-order valence-electron chi connectivity index (χ3n) is 3.13. The quantitative estimate of drug-likeness (QED) is 0.419. The van der Waals surface area contributed by atoms with Crippen LogP contribution >= 0.6 is 0 Å². The molecule has 0 amide bonds. The third kappa shape index (κ3) is 2.77. The molecule has 1 aliphatic rings. The second-order valence-corrected chi connectivity index (χ2v) is 4.24. The maximum Gasteiger partial charge on any atom is 0.322 e. The van der Waals surface area contributed by atoms with Crippen molar-refractivity contribution in [1.82, 2.24) is 15.0 Å². The lowest BCUT2D eigenvalue weighted by Crippen LogP contribution is -2.27. The monoisotopic (exact) mass is 254 g/mol. The van der Waals surface area contributed by atoms with E-state index in [-0.39, 0.29) is 30.5 Å². The zero-order chi connectivity index (χ0) is 13.0. The Hall–Kier alpha value is -1.67. The van der Waals surface area contributed by atoms with Crippen molar-refractivity contribution >= 4 is 11.9 Å². The number of aliphatic hydroxyl groups excluding tert-OH is 1. The Balaban J connectivity index is 2.12. The first-order valence-corrected chi connectivity index (χ1v) is 5.91. The number of ether oxygens (including phenoxy) is 1. The van der Waals surface area contributed by atoms with Gasteiger partial charge >= 0.3 is 6.01 Å². The van der Waals surface area contributed by atoms with Crippen molar-refractivity contribution < 1.29 is 9.84 Å². The van der Waals surface area contributed by atoms with Gasteiger partial charge in [-0.05, 0) is 12.8 Å². The normalized spacial score (nSPS) is 22.8. The summed E-state index contributed by atoms with van der Waals surface area (Å²) in [5, 5.41) is 12.5. The summed E-state index contributed by atoms with van der Waals surface area (Å²) in [5.74, 6) is 6.16. The number of hydrazine groups is 1. The second-order valence-electron chi connectivity index (χ2n) is 4.24. The first kappa shape index (κ1) is 12.8. The van der Waals surface area contributed by atoms with Crippen LogP contribution in [0.2, 0.25) is 0 Å². The summed E-state index contributed by atoms with van der Waals surface area (Å²) in [6.45, 7) is 0.169. The number of anilines is 2. The summed E-state index contributed by atoms with van der Waals surface area (Å²) in [6.07, 6.45) is 3.09. The van der Waals surface area contributed by atoms with Crippen LogP contribution < -0.4 is 21.3 Å². The van der Waals surface area contributed by atoms with Gasteiger partial charge in [-0.1, -0.05) is 6.42 Å². The zero-order valence-electron chi connectivity index (χ0n) is 10.3. The minimum atomic E-state index is 0.169. The molecule has 1 aliphatic carbocycles. The number of methoxy groups -OCH3 is 1. The van der Waals surface area contributed by atoms with E-state index in [9.17, 15) is 5.11 Å². The Labute approximate surface area is 105 Å². The molecular weight excluding hydrogens is 236 g/mol. The molecule has 0 spiro atoms. The van der Waals surface area contributed by atoms with Crippen LogP contribution in [-0.4, -0.2) is 39.8 Å². The fraction of sp³-hybridized carbons (Fsp3) is 0.700. The lowest BCUT2D eigenvalue weighted by atomic mass is 10.1. The summed E-state index contributed by atoms with van der Waals surface area (Å²) < 4.78 is 4.97. The van der Waals surface area contributed by atoms with E-state index in [4.69, 9.17) is 10.6 Å². The van der Waals surface area contributed by atoms with E-state index in [0.717, 1.165) is 19.3 Å². The van der Waals surface area contributed by atoms with Crippen LogP contribution in [-0.2, 0) is 0 Å². The first-order chi connectivity index (χ1) is 8.76. The number of rotatable bonds is 5. The van der Waals surface area contributed by atoms with Crippen LogP contribution in [0.3, 0.4) is 0 Å². The largest absolute Gasteiger partial charge is 0.467 e. The van der Waals surface area contributed by atoms with Crippen LogP contribution in [0.5, 0.6) is 6.01 Å². The van der Waals surface area contributed by atoms with Crippen molar-refractivity contribution in [3.05, 3.63) is 0 Å². The number of nitrogens with zero attached hydrogens (tertiary/aromatic N) is 3. The van der Waals surface area contributed by atoms with Gasteiger partial charge in [-0.25, -0.2) is 5.84 Å². The van der Waals surface area contributed by atoms with Crippen LogP contribution in [0.1, 0.15) is 19.3 Å². The average Bonchev–Trinajstić information content (AvgIpc) is 2.85. The van der Waals surface area contributed by atoms with Gasteiger partial charge in [0.1, 0.15) is 0 Å². The van der Waals surface area contributed by atoms with Gasteiger partial charge in [-0.15, -0.1) is 0 Å². The van der Waals surface area contributed by atoms with E-state index in [1.54, 1.807) is 0 Å². The standard InChI is InChI=1S/C10H18N6O2/c1-18-10-14-8(13-9(15-10)16-11)12-7-4-2-3-6(7)5-17/h6-7,17H,2-5,11H2,1H3,(H2,12,13,14,15,16). The Bertz CT molecular complexity index is 380. The van der Waals surface area contributed by atoms with E-state index < -0.39 is 0 Å². The number of aliphatic hydroxyl groups is 1. The molecule has 1 aromatic rings. The first-order valence-electron chi connectivity index (χ1n) is 5.91. The molecule has 2 unspecified atom stereocenters. The Morgan fingerprint density at radius 1 is 1.33 bits per heavy atom. The fourth-order valence-corrected chi connectivity index (χ4v) is 2.19. The van der Waals surface area contributed by atoms with Crippen molar-refractivity contribution in [3.63, 3.8) is 0 Å².